The van der Waals surface area contributed by atoms with Crippen LogP contribution in [0, 0.1) is 5.92 Å². The van der Waals surface area contributed by atoms with E-state index in [4.69, 9.17) is 18.9 Å². The molecule has 0 saturated heterocycles. The van der Waals surface area contributed by atoms with Gasteiger partial charge in [-0.3, -0.25) is 0 Å². The lowest BCUT2D eigenvalue weighted by Crippen LogP contribution is -2.32. The average molecular weight is 302 g/mol. The van der Waals surface area contributed by atoms with Gasteiger partial charge >= 0.3 is 0 Å². The highest BCUT2D eigenvalue weighted by molar-refractivity contribution is 5.51. The van der Waals surface area contributed by atoms with Crippen molar-refractivity contribution < 1.29 is 23.7 Å². The maximum atomic E-state index is 10.8. The molecule has 0 bridgehead atoms. The summed E-state index contributed by atoms with van der Waals surface area (Å²) in [6.45, 7) is 8.54. The molecular formula is C16H30O5. The number of aldehydes is 1. The zero-order valence-corrected chi connectivity index (χ0v) is 14.2. The Morgan fingerprint density at radius 1 is 1.19 bits per heavy atom. The van der Waals surface area contributed by atoms with Gasteiger partial charge in [0.25, 0.3) is 0 Å². The first-order chi connectivity index (χ1) is 9.88. The molecule has 0 aromatic heterocycles. The normalized spacial score (nSPS) is 16.9. The van der Waals surface area contributed by atoms with Crippen molar-refractivity contribution >= 4 is 6.29 Å². The van der Waals surface area contributed by atoms with Crippen LogP contribution in [0.25, 0.3) is 0 Å². The van der Waals surface area contributed by atoms with Crippen molar-refractivity contribution in [1.29, 1.82) is 0 Å². The molecule has 2 atom stereocenters. The monoisotopic (exact) mass is 302 g/mol. The number of hydrogen-bond donors (Lipinski definition) is 0. The largest absolute Gasteiger partial charge is 0.472 e. The maximum Gasteiger partial charge on any atom is 0.188 e. The fourth-order valence-electron chi connectivity index (χ4n) is 2.32. The molecule has 0 aromatic carbocycles. The standard InChI is InChI=1S/C16H30O5/c1-13(9-14(2)15(3)20-11-18-5)10-16(4,7-8-17)21-12-19-6/h8,13H,7,9-12H2,1-6H3/b15-14+/t13-,16-/m1/s1. The summed E-state index contributed by atoms with van der Waals surface area (Å²) in [6.07, 6.45) is 2.94. The molecule has 0 aromatic rings. The number of carbonyl (C=O) groups is 1. The zero-order chi connectivity index (χ0) is 16.3. The van der Waals surface area contributed by atoms with Gasteiger partial charge in [-0.15, -0.1) is 0 Å². The van der Waals surface area contributed by atoms with Gasteiger partial charge < -0.3 is 23.7 Å². The van der Waals surface area contributed by atoms with E-state index in [1.54, 1.807) is 14.2 Å². The molecule has 5 nitrogen and oxygen atoms in total. The number of carbonyl (C=O) groups excluding carboxylic acids is 1. The van der Waals surface area contributed by atoms with E-state index in [0.29, 0.717) is 12.3 Å². The summed E-state index contributed by atoms with van der Waals surface area (Å²) in [4.78, 5) is 10.8. The summed E-state index contributed by atoms with van der Waals surface area (Å²) in [7, 11) is 3.18. The quantitative estimate of drug-likeness (QED) is 0.314. The minimum Gasteiger partial charge on any atom is -0.472 e. The van der Waals surface area contributed by atoms with E-state index in [1.165, 1.54) is 5.57 Å². The highest BCUT2D eigenvalue weighted by Crippen LogP contribution is 2.28. The number of rotatable bonds is 12. The zero-order valence-electron chi connectivity index (χ0n) is 14.2. The van der Waals surface area contributed by atoms with E-state index < -0.39 is 5.60 Å². The molecule has 124 valence electrons. The lowest BCUT2D eigenvalue weighted by Gasteiger charge is -2.30. The van der Waals surface area contributed by atoms with Crippen LogP contribution in [-0.2, 0) is 23.7 Å². The van der Waals surface area contributed by atoms with Crippen LogP contribution in [0.5, 0.6) is 0 Å². The first kappa shape index (κ1) is 20.1. The molecule has 0 amide bonds. The first-order valence-corrected chi connectivity index (χ1v) is 7.23. The van der Waals surface area contributed by atoms with Crippen molar-refractivity contribution in [2.75, 3.05) is 27.8 Å². The van der Waals surface area contributed by atoms with E-state index >= 15 is 0 Å². The molecule has 0 unspecified atom stereocenters. The Hall–Kier alpha value is -0.910. The van der Waals surface area contributed by atoms with E-state index in [0.717, 1.165) is 24.9 Å². The van der Waals surface area contributed by atoms with Crippen LogP contribution in [0.15, 0.2) is 11.3 Å². The highest BCUT2D eigenvalue weighted by Gasteiger charge is 2.27. The Morgan fingerprint density at radius 2 is 1.81 bits per heavy atom. The molecule has 0 aliphatic carbocycles. The van der Waals surface area contributed by atoms with Crippen molar-refractivity contribution in [1.82, 2.24) is 0 Å². The van der Waals surface area contributed by atoms with Crippen LogP contribution < -0.4 is 0 Å². The molecule has 5 heteroatoms. The predicted octanol–water partition coefficient (Wildman–Crippen LogP) is 3.29. The lowest BCUT2D eigenvalue weighted by molar-refractivity contribution is -0.140. The third kappa shape index (κ3) is 8.86. The first-order valence-electron chi connectivity index (χ1n) is 7.23. The van der Waals surface area contributed by atoms with Crippen molar-refractivity contribution in [3.63, 3.8) is 0 Å². The third-order valence-corrected chi connectivity index (χ3v) is 3.47. The molecule has 21 heavy (non-hydrogen) atoms. The molecule has 0 radical (unpaired) electrons. The Kier molecular flexibility index (Phi) is 10.3. The number of ether oxygens (including phenoxy) is 4. The smallest absolute Gasteiger partial charge is 0.188 e. The molecule has 0 aliphatic rings. The van der Waals surface area contributed by atoms with E-state index in [9.17, 15) is 4.79 Å². The summed E-state index contributed by atoms with van der Waals surface area (Å²) >= 11 is 0. The summed E-state index contributed by atoms with van der Waals surface area (Å²) in [5, 5.41) is 0. The van der Waals surface area contributed by atoms with Crippen molar-refractivity contribution in [3.8, 4) is 0 Å². The molecule has 0 heterocycles. The van der Waals surface area contributed by atoms with Gasteiger partial charge in [-0.2, -0.15) is 0 Å². The predicted molar refractivity (Wildman–Crippen MR) is 81.8 cm³/mol. The molecule has 0 rings (SSSR count). The minimum absolute atomic E-state index is 0.196. The van der Waals surface area contributed by atoms with Crippen LogP contribution in [-0.4, -0.2) is 39.7 Å². The second-order valence-corrected chi connectivity index (χ2v) is 5.77. The minimum atomic E-state index is -0.487. The van der Waals surface area contributed by atoms with Gasteiger partial charge in [0.2, 0.25) is 0 Å². The molecule has 0 saturated carbocycles. The van der Waals surface area contributed by atoms with Crippen molar-refractivity contribution in [2.24, 2.45) is 5.92 Å². The maximum absolute atomic E-state index is 10.8. The van der Waals surface area contributed by atoms with E-state index in [2.05, 4.69) is 13.8 Å². The van der Waals surface area contributed by atoms with Crippen LogP contribution in [0.1, 0.15) is 47.0 Å². The van der Waals surface area contributed by atoms with E-state index in [1.807, 2.05) is 13.8 Å². The summed E-state index contributed by atoms with van der Waals surface area (Å²) in [6, 6.07) is 0. The average Bonchev–Trinajstić information content (AvgIpc) is 2.42. The molecule has 0 N–H and O–H groups in total. The van der Waals surface area contributed by atoms with Crippen LogP contribution in [0.2, 0.25) is 0 Å². The molecular weight excluding hydrogens is 272 g/mol. The Morgan fingerprint density at radius 3 is 2.33 bits per heavy atom. The fourth-order valence-corrected chi connectivity index (χ4v) is 2.32. The van der Waals surface area contributed by atoms with Gasteiger partial charge in [-0.05, 0) is 45.1 Å². The third-order valence-electron chi connectivity index (χ3n) is 3.47. The van der Waals surface area contributed by atoms with Crippen molar-refractivity contribution in [3.05, 3.63) is 11.3 Å². The molecule has 0 aliphatic heterocycles. The van der Waals surface area contributed by atoms with Gasteiger partial charge in [-0.1, -0.05) is 6.92 Å². The summed E-state index contributed by atoms with van der Waals surface area (Å²) in [5.41, 5.74) is 0.693. The lowest BCUT2D eigenvalue weighted by atomic mass is 9.87. The number of allylic oxidation sites excluding steroid dienone is 2. The summed E-state index contributed by atoms with van der Waals surface area (Å²) in [5.74, 6) is 1.26. The van der Waals surface area contributed by atoms with Gasteiger partial charge in [-0.25, -0.2) is 0 Å². The summed E-state index contributed by atoms with van der Waals surface area (Å²) < 4.78 is 21.0. The Balaban J connectivity index is 4.54. The van der Waals surface area contributed by atoms with Crippen LogP contribution in [0.3, 0.4) is 0 Å². The topological polar surface area (TPSA) is 54.0 Å². The second-order valence-electron chi connectivity index (χ2n) is 5.77. The van der Waals surface area contributed by atoms with Gasteiger partial charge in [0, 0.05) is 20.6 Å². The van der Waals surface area contributed by atoms with Gasteiger partial charge in [0.1, 0.15) is 13.1 Å². The second kappa shape index (κ2) is 10.8. The Labute approximate surface area is 128 Å². The van der Waals surface area contributed by atoms with Crippen LogP contribution in [0.4, 0.5) is 0 Å². The fraction of sp³-hybridized carbons (Fsp3) is 0.812. The molecule has 0 fully saturated rings. The van der Waals surface area contributed by atoms with E-state index in [-0.39, 0.29) is 13.6 Å². The Bertz CT molecular complexity index is 327. The molecule has 0 spiro atoms. The van der Waals surface area contributed by atoms with Crippen molar-refractivity contribution in [2.45, 2.75) is 52.6 Å². The van der Waals surface area contributed by atoms with Gasteiger partial charge in [0.05, 0.1) is 11.4 Å². The number of methoxy groups -OCH3 is 2. The SMILES string of the molecule is COCO/C(C)=C(\C)C[C@@H](C)C[C@@](C)(CC=O)OCOC. The highest BCUT2D eigenvalue weighted by atomic mass is 16.7. The van der Waals surface area contributed by atoms with Gasteiger partial charge in [0.15, 0.2) is 6.79 Å². The number of hydrogen-bond acceptors (Lipinski definition) is 5. The van der Waals surface area contributed by atoms with Crippen LogP contribution >= 0.6 is 0 Å².